The fourth-order valence-electron chi connectivity index (χ4n) is 3.79. The fourth-order valence-corrected chi connectivity index (χ4v) is 3.79. The lowest BCUT2D eigenvalue weighted by Crippen LogP contribution is -2.30. The Morgan fingerprint density at radius 2 is 1.80 bits per heavy atom. The van der Waals surface area contributed by atoms with Crippen LogP contribution in [0, 0.1) is 6.92 Å². The van der Waals surface area contributed by atoms with Crippen molar-refractivity contribution >= 4 is 11.0 Å². The molecule has 0 unspecified atom stereocenters. The van der Waals surface area contributed by atoms with Crippen molar-refractivity contribution in [3.63, 3.8) is 0 Å². The Bertz CT molecular complexity index is 1140. The molecule has 1 aliphatic rings. The standard InChI is InChI=1S/C24H24N4O2/c1-18-22-16-19-17-27(12-14-29-21-10-6-3-7-11-21)13-15-30-24(19)25-23(22)28(26-18)20-8-4-2-5-9-20/h2-11,16H,12-15,17H2,1H3. The van der Waals surface area contributed by atoms with E-state index < -0.39 is 0 Å². The summed E-state index contributed by atoms with van der Waals surface area (Å²) in [6, 6.07) is 22.2. The van der Waals surface area contributed by atoms with Gasteiger partial charge in [0.1, 0.15) is 19.0 Å². The number of hydrogen-bond acceptors (Lipinski definition) is 5. The Morgan fingerprint density at radius 1 is 1.03 bits per heavy atom. The van der Waals surface area contributed by atoms with Gasteiger partial charge in [-0.1, -0.05) is 36.4 Å². The summed E-state index contributed by atoms with van der Waals surface area (Å²) in [7, 11) is 0. The summed E-state index contributed by atoms with van der Waals surface area (Å²) in [5.41, 5.74) is 3.89. The highest BCUT2D eigenvalue weighted by atomic mass is 16.5. The van der Waals surface area contributed by atoms with Gasteiger partial charge in [-0.05, 0) is 37.3 Å². The van der Waals surface area contributed by atoms with Gasteiger partial charge in [-0.2, -0.15) is 10.1 Å². The number of para-hydroxylation sites is 2. The number of aryl methyl sites for hydroxylation is 1. The molecule has 3 heterocycles. The van der Waals surface area contributed by atoms with E-state index in [-0.39, 0.29) is 0 Å². The predicted octanol–water partition coefficient (Wildman–Crippen LogP) is 4.00. The molecule has 0 fully saturated rings. The fraction of sp³-hybridized carbons (Fsp3) is 0.250. The van der Waals surface area contributed by atoms with E-state index in [1.54, 1.807) is 0 Å². The first-order valence-corrected chi connectivity index (χ1v) is 10.3. The lowest BCUT2D eigenvalue weighted by Gasteiger charge is -2.19. The van der Waals surface area contributed by atoms with E-state index in [9.17, 15) is 0 Å². The Balaban J connectivity index is 1.37. The van der Waals surface area contributed by atoms with Gasteiger partial charge < -0.3 is 9.47 Å². The third-order valence-corrected chi connectivity index (χ3v) is 5.34. The van der Waals surface area contributed by atoms with Crippen molar-refractivity contribution in [3.05, 3.63) is 78.0 Å². The largest absolute Gasteiger partial charge is 0.492 e. The van der Waals surface area contributed by atoms with Crippen molar-refractivity contribution < 1.29 is 9.47 Å². The van der Waals surface area contributed by atoms with E-state index in [4.69, 9.17) is 19.6 Å². The van der Waals surface area contributed by atoms with Crippen LogP contribution in [0.2, 0.25) is 0 Å². The van der Waals surface area contributed by atoms with Gasteiger partial charge in [-0.15, -0.1) is 0 Å². The van der Waals surface area contributed by atoms with Crippen LogP contribution in [0.15, 0.2) is 66.7 Å². The summed E-state index contributed by atoms with van der Waals surface area (Å²) < 4.78 is 13.8. The molecule has 0 atom stereocenters. The second-order valence-corrected chi connectivity index (χ2v) is 7.44. The summed E-state index contributed by atoms with van der Waals surface area (Å²) in [6.45, 7) is 5.73. The topological polar surface area (TPSA) is 52.4 Å². The molecular weight excluding hydrogens is 376 g/mol. The van der Waals surface area contributed by atoms with Gasteiger partial charge in [0.15, 0.2) is 5.65 Å². The number of nitrogens with zero attached hydrogens (tertiary/aromatic N) is 4. The lowest BCUT2D eigenvalue weighted by atomic mass is 10.2. The van der Waals surface area contributed by atoms with Gasteiger partial charge >= 0.3 is 0 Å². The minimum Gasteiger partial charge on any atom is -0.492 e. The second kappa shape index (κ2) is 8.16. The highest BCUT2D eigenvalue weighted by Gasteiger charge is 2.20. The first-order chi connectivity index (χ1) is 14.8. The zero-order valence-electron chi connectivity index (χ0n) is 17.0. The molecule has 0 spiro atoms. The van der Waals surface area contributed by atoms with E-state index in [0.29, 0.717) is 19.1 Å². The molecule has 1 aliphatic heterocycles. The molecule has 2 aromatic carbocycles. The van der Waals surface area contributed by atoms with Crippen molar-refractivity contribution in [2.24, 2.45) is 0 Å². The Morgan fingerprint density at radius 3 is 2.60 bits per heavy atom. The van der Waals surface area contributed by atoms with Crippen LogP contribution < -0.4 is 9.47 Å². The zero-order valence-corrected chi connectivity index (χ0v) is 17.0. The van der Waals surface area contributed by atoms with E-state index in [0.717, 1.165) is 53.4 Å². The van der Waals surface area contributed by atoms with Crippen molar-refractivity contribution in [3.8, 4) is 17.3 Å². The first kappa shape index (κ1) is 18.6. The van der Waals surface area contributed by atoms with Crippen LogP contribution in [0.1, 0.15) is 11.3 Å². The van der Waals surface area contributed by atoms with E-state index in [1.165, 1.54) is 0 Å². The summed E-state index contributed by atoms with van der Waals surface area (Å²) >= 11 is 0. The number of pyridine rings is 1. The molecule has 5 rings (SSSR count). The first-order valence-electron chi connectivity index (χ1n) is 10.3. The Hall–Kier alpha value is -3.38. The molecule has 152 valence electrons. The van der Waals surface area contributed by atoms with E-state index >= 15 is 0 Å². The normalized spacial score (nSPS) is 14.2. The van der Waals surface area contributed by atoms with Gasteiger partial charge in [-0.3, -0.25) is 4.90 Å². The Kier molecular flexibility index (Phi) is 5.07. The SMILES string of the molecule is Cc1nn(-c2ccccc2)c2nc3c(cc12)CN(CCOc1ccccc1)CCO3. The van der Waals surface area contributed by atoms with Gasteiger partial charge in [0.05, 0.1) is 11.4 Å². The molecule has 4 aromatic rings. The summed E-state index contributed by atoms with van der Waals surface area (Å²) in [5, 5.41) is 5.78. The minimum absolute atomic E-state index is 0.606. The molecule has 0 amide bonds. The molecule has 30 heavy (non-hydrogen) atoms. The molecule has 0 radical (unpaired) electrons. The average Bonchev–Trinajstić information content (AvgIpc) is 2.97. The summed E-state index contributed by atoms with van der Waals surface area (Å²) in [6.07, 6.45) is 0. The van der Waals surface area contributed by atoms with Gasteiger partial charge in [0.2, 0.25) is 5.88 Å². The summed E-state index contributed by atoms with van der Waals surface area (Å²) in [5.74, 6) is 1.60. The molecule has 0 saturated carbocycles. The molecule has 6 nitrogen and oxygen atoms in total. The number of rotatable bonds is 5. The van der Waals surface area contributed by atoms with Crippen molar-refractivity contribution in [1.29, 1.82) is 0 Å². The minimum atomic E-state index is 0.606. The number of ether oxygens (including phenoxy) is 2. The third kappa shape index (κ3) is 3.74. The maximum atomic E-state index is 6.02. The molecule has 0 saturated heterocycles. The maximum absolute atomic E-state index is 6.02. The van der Waals surface area contributed by atoms with Gasteiger partial charge in [-0.25, -0.2) is 4.68 Å². The van der Waals surface area contributed by atoms with Crippen LogP contribution in [-0.2, 0) is 6.54 Å². The number of hydrogen-bond donors (Lipinski definition) is 0. The molecule has 2 aromatic heterocycles. The third-order valence-electron chi connectivity index (χ3n) is 5.34. The monoisotopic (exact) mass is 400 g/mol. The lowest BCUT2D eigenvalue weighted by molar-refractivity contribution is 0.185. The van der Waals surface area contributed by atoms with Crippen LogP contribution in [0.4, 0.5) is 0 Å². The van der Waals surface area contributed by atoms with Crippen molar-refractivity contribution in [2.75, 3.05) is 26.3 Å². The highest BCUT2D eigenvalue weighted by Crippen LogP contribution is 2.28. The molecule has 6 heteroatoms. The van der Waals surface area contributed by atoms with E-state index in [1.807, 2.05) is 72.3 Å². The van der Waals surface area contributed by atoms with Crippen LogP contribution in [0.3, 0.4) is 0 Å². The second-order valence-electron chi connectivity index (χ2n) is 7.44. The number of fused-ring (bicyclic) bond motifs is 2. The van der Waals surface area contributed by atoms with Crippen LogP contribution in [0.25, 0.3) is 16.7 Å². The maximum Gasteiger partial charge on any atom is 0.220 e. The zero-order chi connectivity index (χ0) is 20.3. The van der Waals surface area contributed by atoms with Crippen molar-refractivity contribution in [2.45, 2.75) is 13.5 Å². The van der Waals surface area contributed by atoms with Crippen LogP contribution in [0.5, 0.6) is 11.6 Å². The van der Waals surface area contributed by atoms with Crippen LogP contribution in [-0.4, -0.2) is 46.0 Å². The van der Waals surface area contributed by atoms with Gasteiger partial charge in [0, 0.05) is 30.6 Å². The molecule has 0 N–H and O–H groups in total. The predicted molar refractivity (Wildman–Crippen MR) is 116 cm³/mol. The molecule has 0 bridgehead atoms. The summed E-state index contributed by atoms with van der Waals surface area (Å²) in [4.78, 5) is 7.20. The average molecular weight is 400 g/mol. The Labute approximate surface area is 175 Å². The van der Waals surface area contributed by atoms with Crippen LogP contribution >= 0.6 is 0 Å². The molecule has 0 aliphatic carbocycles. The van der Waals surface area contributed by atoms with Crippen molar-refractivity contribution in [1.82, 2.24) is 19.7 Å². The smallest absolute Gasteiger partial charge is 0.220 e. The van der Waals surface area contributed by atoms with Gasteiger partial charge in [0.25, 0.3) is 0 Å². The number of benzene rings is 2. The molecular formula is C24H24N4O2. The number of aromatic nitrogens is 3. The highest BCUT2D eigenvalue weighted by molar-refractivity contribution is 5.81. The quantitative estimate of drug-likeness (QED) is 0.507. The van der Waals surface area contributed by atoms with E-state index in [2.05, 4.69) is 11.0 Å².